The summed E-state index contributed by atoms with van der Waals surface area (Å²) in [5.41, 5.74) is 3.59. The van der Waals surface area contributed by atoms with Crippen LogP contribution in [0.3, 0.4) is 0 Å². The Labute approximate surface area is 177 Å². The maximum atomic E-state index is 12.9. The van der Waals surface area contributed by atoms with Gasteiger partial charge in [-0.15, -0.1) is 11.3 Å². The van der Waals surface area contributed by atoms with Crippen LogP contribution in [0.15, 0.2) is 76.5 Å². The van der Waals surface area contributed by atoms with Crippen molar-refractivity contribution in [2.24, 2.45) is 0 Å². The maximum absolute atomic E-state index is 12.9. The average molecular weight is 421 g/mol. The van der Waals surface area contributed by atoms with Crippen molar-refractivity contribution >= 4 is 23.1 Å². The van der Waals surface area contributed by atoms with Gasteiger partial charge in [-0.2, -0.15) is 0 Å². The van der Waals surface area contributed by atoms with E-state index in [-0.39, 0.29) is 5.56 Å². The van der Waals surface area contributed by atoms with Crippen molar-refractivity contribution in [3.8, 4) is 0 Å². The highest BCUT2D eigenvalue weighted by atomic mass is 32.2. The lowest BCUT2D eigenvalue weighted by atomic mass is 10.0. The predicted molar refractivity (Wildman–Crippen MR) is 117 cm³/mol. The first-order valence-corrected chi connectivity index (χ1v) is 11.2. The van der Waals surface area contributed by atoms with Gasteiger partial charge in [0.1, 0.15) is 6.33 Å². The van der Waals surface area contributed by atoms with E-state index in [1.54, 1.807) is 35.5 Å². The summed E-state index contributed by atoms with van der Waals surface area (Å²) in [5, 5.41) is 2.72. The second-order valence-corrected chi connectivity index (χ2v) is 8.57. The second kappa shape index (κ2) is 9.62. The minimum atomic E-state index is -0.0828. The van der Waals surface area contributed by atoms with Gasteiger partial charge < -0.3 is 4.98 Å². The Balaban J connectivity index is 1.60. The number of rotatable bonds is 8. The third-order valence-corrected chi connectivity index (χ3v) is 6.48. The van der Waals surface area contributed by atoms with Gasteiger partial charge in [0.2, 0.25) is 0 Å². The van der Waals surface area contributed by atoms with E-state index in [1.807, 2.05) is 24.3 Å². The summed E-state index contributed by atoms with van der Waals surface area (Å²) in [5.74, 6) is 0.796. The number of benzene rings is 1. The fourth-order valence-corrected chi connectivity index (χ4v) is 4.70. The van der Waals surface area contributed by atoms with Crippen molar-refractivity contribution in [2.75, 3.05) is 0 Å². The molecule has 3 heterocycles. The molecule has 29 heavy (non-hydrogen) atoms. The number of nitrogens with one attached hydrogen (secondary N) is 1. The zero-order valence-electron chi connectivity index (χ0n) is 15.7. The Morgan fingerprint density at radius 3 is 2.55 bits per heavy atom. The molecule has 0 amide bonds. The second-order valence-electron chi connectivity index (χ2n) is 6.57. The quantitative estimate of drug-likeness (QED) is 0.340. The number of hydrogen-bond acceptors (Lipinski definition) is 6. The first-order valence-electron chi connectivity index (χ1n) is 9.33. The standard InChI is InChI=1S/C22H20N4OS2/c27-21-19(11-17-12-23-15-24-13-17)20(9-8-16-5-2-1-3-6-16)25-22(26-21)29-14-18-7-4-10-28-18/h1-7,10,12-13,15H,8-9,11,14H2,(H,25,26,27). The zero-order valence-corrected chi connectivity index (χ0v) is 17.4. The summed E-state index contributed by atoms with van der Waals surface area (Å²) in [7, 11) is 0. The van der Waals surface area contributed by atoms with Gasteiger partial charge in [-0.05, 0) is 35.4 Å². The van der Waals surface area contributed by atoms with Gasteiger partial charge in [0.25, 0.3) is 5.56 Å². The zero-order chi connectivity index (χ0) is 19.9. The lowest BCUT2D eigenvalue weighted by Gasteiger charge is -2.10. The third-order valence-electron chi connectivity index (χ3n) is 4.50. The van der Waals surface area contributed by atoms with Gasteiger partial charge in [-0.1, -0.05) is 48.2 Å². The van der Waals surface area contributed by atoms with Crippen LogP contribution in [-0.2, 0) is 25.0 Å². The van der Waals surface area contributed by atoms with E-state index >= 15 is 0 Å². The normalized spacial score (nSPS) is 10.9. The van der Waals surface area contributed by atoms with Crippen LogP contribution >= 0.6 is 23.1 Å². The molecule has 0 atom stereocenters. The van der Waals surface area contributed by atoms with Crippen LogP contribution in [0.4, 0.5) is 0 Å². The maximum Gasteiger partial charge on any atom is 0.255 e. The molecule has 1 N–H and O–H groups in total. The summed E-state index contributed by atoms with van der Waals surface area (Å²) in [6.45, 7) is 0. The molecular formula is C22H20N4OS2. The molecule has 4 rings (SSSR count). The van der Waals surface area contributed by atoms with E-state index in [9.17, 15) is 4.79 Å². The first-order chi connectivity index (χ1) is 14.3. The number of H-pyrrole nitrogens is 1. The number of aromatic amines is 1. The SMILES string of the molecule is O=c1[nH]c(SCc2cccs2)nc(CCc2ccccc2)c1Cc1cncnc1. The topological polar surface area (TPSA) is 71.5 Å². The summed E-state index contributed by atoms with van der Waals surface area (Å²) < 4.78 is 0. The van der Waals surface area contributed by atoms with Crippen LogP contribution in [-0.4, -0.2) is 19.9 Å². The van der Waals surface area contributed by atoms with E-state index in [2.05, 4.69) is 38.5 Å². The van der Waals surface area contributed by atoms with Gasteiger partial charge in [0.15, 0.2) is 5.16 Å². The number of nitrogens with zero attached hydrogens (tertiary/aromatic N) is 3. The van der Waals surface area contributed by atoms with Crippen molar-refractivity contribution in [1.29, 1.82) is 0 Å². The third kappa shape index (κ3) is 5.40. The molecule has 5 nitrogen and oxygen atoms in total. The number of thiophene rings is 1. The predicted octanol–water partition coefficient (Wildman–Crippen LogP) is 4.29. The Hall–Kier alpha value is -2.77. The lowest BCUT2D eigenvalue weighted by Crippen LogP contribution is -2.20. The summed E-state index contributed by atoms with van der Waals surface area (Å²) in [4.78, 5) is 30.0. The van der Waals surface area contributed by atoms with E-state index in [0.29, 0.717) is 23.6 Å². The highest BCUT2D eigenvalue weighted by Gasteiger charge is 2.14. The number of aromatic nitrogens is 4. The molecule has 0 fully saturated rings. The highest BCUT2D eigenvalue weighted by molar-refractivity contribution is 7.98. The molecule has 7 heteroatoms. The fourth-order valence-electron chi connectivity index (χ4n) is 3.05. The number of hydrogen-bond donors (Lipinski definition) is 1. The average Bonchev–Trinajstić information content (AvgIpc) is 3.28. The van der Waals surface area contributed by atoms with Crippen molar-refractivity contribution < 1.29 is 0 Å². The Morgan fingerprint density at radius 1 is 0.966 bits per heavy atom. The molecule has 0 bridgehead atoms. The van der Waals surface area contributed by atoms with Crippen LogP contribution < -0.4 is 5.56 Å². The molecule has 146 valence electrons. The first kappa shape index (κ1) is 19.5. The molecule has 0 aliphatic carbocycles. The lowest BCUT2D eigenvalue weighted by molar-refractivity contribution is 0.799. The molecule has 0 aliphatic heterocycles. The van der Waals surface area contributed by atoms with Crippen LogP contribution in [0, 0.1) is 0 Å². The van der Waals surface area contributed by atoms with E-state index < -0.39 is 0 Å². The van der Waals surface area contributed by atoms with E-state index in [0.717, 1.165) is 23.4 Å². The molecule has 3 aromatic heterocycles. The number of aryl methyl sites for hydroxylation is 2. The van der Waals surface area contributed by atoms with Gasteiger partial charge in [0, 0.05) is 35.0 Å². The van der Waals surface area contributed by atoms with Crippen LogP contribution in [0.1, 0.15) is 27.3 Å². The Kier molecular flexibility index (Phi) is 6.49. The van der Waals surface area contributed by atoms with Crippen molar-refractivity contribution in [1.82, 2.24) is 19.9 Å². The highest BCUT2D eigenvalue weighted by Crippen LogP contribution is 2.23. The number of thioether (sulfide) groups is 1. The summed E-state index contributed by atoms with van der Waals surface area (Å²) in [6.07, 6.45) is 7.00. The molecular weight excluding hydrogens is 400 g/mol. The van der Waals surface area contributed by atoms with Gasteiger partial charge in [-0.25, -0.2) is 15.0 Å². The minimum absolute atomic E-state index is 0.0828. The van der Waals surface area contributed by atoms with Crippen LogP contribution in [0.2, 0.25) is 0 Å². The van der Waals surface area contributed by atoms with Crippen LogP contribution in [0.5, 0.6) is 0 Å². The molecule has 0 aliphatic rings. The summed E-state index contributed by atoms with van der Waals surface area (Å²) >= 11 is 3.27. The molecule has 0 unspecified atom stereocenters. The monoisotopic (exact) mass is 420 g/mol. The molecule has 0 radical (unpaired) electrons. The van der Waals surface area contributed by atoms with E-state index in [1.165, 1.54) is 16.8 Å². The molecule has 0 saturated heterocycles. The smallest absolute Gasteiger partial charge is 0.255 e. The van der Waals surface area contributed by atoms with Crippen molar-refractivity contribution in [2.45, 2.75) is 30.2 Å². The molecule has 0 saturated carbocycles. The summed E-state index contributed by atoms with van der Waals surface area (Å²) in [6, 6.07) is 14.4. The van der Waals surface area contributed by atoms with Gasteiger partial charge >= 0.3 is 0 Å². The molecule has 0 spiro atoms. The van der Waals surface area contributed by atoms with Crippen LogP contribution in [0.25, 0.3) is 0 Å². The van der Waals surface area contributed by atoms with Crippen molar-refractivity contribution in [3.05, 3.63) is 104 Å². The van der Waals surface area contributed by atoms with Crippen molar-refractivity contribution in [3.63, 3.8) is 0 Å². The van der Waals surface area contributed by atoms with E-state index in [4.69, 9.17) is 4.98 Å². The molecule has 4 aromatic rings. The Morgan fingerprint density at radius 2 is 1.79 bits per heavy atom. The van der Waals surface area contributed by atoms with Gasteiger partial charge in [-0.3, -0.25) is 4.79 Å². The largest absolute Gasteiger partial charge is 0.301 e. The Bertz CT molecular complexity index is 1100. The molecule has 1 aromatic carbocycles. The fraction of sp³-hybridized carbons (Fsp3) is 0.182. The van der Waals surface area contributed by atoms with Gasteiger partial charge in [0.05, 0.1) is 5.69 Å². The minimum Gasteiger partial charge on any atom is -0.301 e.